The molecular formula is C18H25N3O2S. The third-order valence-corrected chi connectivity index (χ3v) is 5.07. The number of ether oxygens (including phenoxy) is 1. The Morgan fingerprint density at radius 2 is 2.25 bits per heavy atom. The third kappa shape index (κ3) is 3.80. The van der Waals surface area contributed by atoms with Crippen LogP contribution in [0.15, 0.2) is 18.2 Å². The predicted octanol–water partition coefficient (Wildman–Crippen LogP) is 3.44. The first kappa shape index (κ1) is 17.0. The molecule has 0 bridgehead atoms. The van der Waals surface area contributed by atoms with E-state index in [4.69, 9.17) is 9.72 Å². The Morgan fingerprint density at radius 3 is 2.96 bits per heavy atom. The minimum Gasteiger partial charge on any atom is -0.494 e. The quantitative estimate of drug-likeness (QED) is 0.920. The zero-order valence-electron chi connectivity index (χ0n) is 14.8. The lowest BCUT2D eigenvalue weighted by atomic mass is 10.0. The third-order valence-electron chi connectivity index (χ3n) is 3.99. The van der Waals surface area contributed by atoms with Crippen LogP contribution in [0.25, 0.3) is 10.2 Å². The zero-order chi connectivity index (χ0) is 17.3. The van der Waals surface area contributed by atoms with Crippen LogP contribution in [0, 0.1) is 5.92 Å². The number of benzene rings is 1. The van der Waals surface area contributed by atoms with Crippen molar-refractivity contribution < 1.29 is 9.53 Å². The number of thiazole rings is 1. The number of rotatable bonds is 4. The number of anilines is 1. The molecule has 0 spiro atoms. The van der Waals surface area contributed by atoms with Crippen LogP contribution in [0.5, 0.6) is 5.75 Å². The second-order valence-electron chi connectivity index (χ2n) is 7.23. The van der Waals surface area contributed by atoms with E-state index < -0.39 is 0 Å². The molecule has 1 saturated heterocycles. The normalized spacial score (nSPS) is 18.2. The van der Waals surface area contributed by atoms with Gasteiger partial charge in [0.2, 0.25) is 5.91 Å². The molecule has 2 aromatic rings. The second-order valence-corrected chi connectivity index (χ2v) is 8.24. The number of nitrogens with one attached hydrogen (secondary N) is 1. The molecule has 24 heavy (non-hydrogen) atoms. The average Bonchev–Trinajstić information content (AvgIpc) is 3.12. The number of carbonyl (C=O) groups excluding carboxylic acids is 1. The van der Waals surface area contributed by atoms with Gasteiger partial charge in [-0.2, -0.15) is 0 Å². The summed E-state index contributed by atoms with van der Waals surface area (Å²) in [6.45, 7) is 10.3. The van der Waals surface area contributed by atoms with E-state index in [1.165, 1.54) is 0 Å². The van der Waals surface area contributed by atoms with Gasteiger partial charge in [0.15, 0.2) is 5.13 Å². The first-order chi connectivity index (χ1) is 11.4. The van der Waals surface area contributed by atoms with Gasteiger partial charge in [-0.25, -0.2) is 4.98 Å². The monoisotopic (exact) mass is 347 g/mol. The fourth-order valence-electron chi connectivity index (χ4n) is 2.90. The topological polar surface area (TPSA) is 54.5 Å². The molecule has 1 atom stereocenters. The van der Waals surface area contributed by atoms with E-state index in [1.807, 2.05) is 45.9 Å². The highest BCUT2D eigenvalue weighted by atomic mass is 32.1. The Balaban J connectivity index is 1.71. The number of hydrogen-bond acceptors (Lipinski definition) is 5. The lowest BCUT2D eigenvalue weighted by Crippen LogP contribution is -2.44. The molecule has 3 rings (SSSR count). The summed E-state index contributed by atoms with van der Waals surface area (Å²) >= 11 is 1.66. The van der Waals surface area contributed by atoms with E-state index in [2.05, 4.69) is 10.2 Å². The SMILES string of the molecule is CCOc1ccc2nc(N3CCC(C(=O)NC(C)(C)C)C3)sc2c1. The summed E-state index contributed by atoms with van der Waals surface area (Å²) in [6.07, 6.45) is 0.877. The Morgan fingerprint density at radius 1 is 1.46 bits per heavy atom. The summed E-state index contributed by atoms with van der Waals surface area (Å²) in [5.41, 5.74) is 0.803. The van der Waals surface area contributed by atoms with Crippen molar-refractivity contribution in [1.29, 1.82) is 0 Å². The highest BCUT2D eigenvalue weighted by Gasteiger charge is 2.31. The van der Waals surface area contributed by atoms with Gasteiger partial charge in [-0.15, -0.1) is 0 Å². The molecule has 1 unspecified atom stereocenters. The van der Waals surface area contributed by atoms with Gasteiger partial charge in [-0.05, 0) is 52.3 Å². The van der Waals surface area contributed by atoms with Crippen molar-refractivity contribution in [3.63, 3.8) is 0 Å². The largest absolute Gasteiger partial charge is 0.494 e. The fraction of sp³-hybridized carbons (Fsp3) is 0.556. The second kappa shape index (κ2) is 6.59. The number of nitrogens with zero attached hydrogens (tertiary/aromatic N) is 2. The van der Waals surface area contributed by atoms with Crippen LogP contribution >= 0.6 is 11.3 Å². The van der Waals surface area contributed by atoms with Crippen LogP contribution in [0.3, 0.4) is 0 Å². The van der Waals surface area contributed by atoms with Gasteiger partial charge in [0.25, 0.3) is 0 Å². The average molecular weight is 347 g/mol. The van der Waals surface area contributed by atoms with Gasteiger partial charge < -0.3 is 15.0 Å². The molecule has 0 radical (unpaired) electrons. The molecule has 1 aromatic carbocycles. The van der Waals surface area contributed by atoms with E-state index in [1.54, 1.807) is 11.3 Å². The van der Waals surface area contributed by atoms with E-state index in [0.717, 1.165) is 40.6 Å². The predicted molar refractivity (Wildman–Crippen MR) is 99.0 cm³/mol. The molecule has 1 aliphatic heterocycles. The summed E-state index contributed by atoms with van der Waals surface area (Å²) in [5.74, 6) is 1.06. The summed E-state index contributed by atoms with van der Waals surface area (Å²) in [6, 6.07) is 6.00. The molecule has 1 N–H and O–H groups in total. The number of hydrogen-bond donors (Lipinski definition) is 1. The van der Waals surface area contributed by atoms with Gasteiger partial charge in [0, 0.05) is 18.6 Å². The molecule has 130 valence electrons. The van der Waals surface area contributed by atoms with Gasteiger partial charge in [0.05, 0.1) is 22.7 Å². The molecular weight excluding hydrogens is 322 g/mol. The first-order valence-corrected chi connectivity index (χ1v) is 9.28. The molecule has 1 fully saturated rings. The molecule has 5 nitrogen and oxygen atoms in total. The van der Waals surface area contributed by atoms with Crippen molar-refractivity contribution in [1.82, 2.24) is 10.3 Å². The highest BCUT2D eigenvalue weighted by Crippen LogP contribution is 2.34. The van der Waals surface area contributed by atoms with Crippen LogP contribution in [0.1, 0.15) is 34.1 Å². The van der Waals surface area contributed by atoms with E-state index in [-0.39, 0.29) is 17.4 Å². The van der Waals surface area contributed by atoms with Crippen molar-refractivity contribution >= 4 is 32.6 Å². The Kier molecular flexibility index (Phi) is 4.67. The van der Waals surface area contributed by atoms with Crippen LogP contribution < -0.4 is 15.0 Å². The molecule has 0 aliphatic carbocycles. The number of fused-ring (bicyclic) bond motifs is 1. The van der Waals surface area contributed by atoms with E-state index in [0.29, 0.717) is 6.61 Å². The number of aromatic nitrogens is 1. The smallest absolute Gasteiger partial charge is 0.225 e. The highest BCUT2D eigenvalue weighted by molar-refractivity contribution is 7.22. The van der Waals surface area contributed by atoms with Crippen molar-refractivity contribution in [2.24, 2.45) is 5.92 Å². The molecule has 0 saturated carbocycles. The van der Waals surface area contributed by atoms with Gasteiger partial charge in [-0.3, -0.25) is 4.79 Å². The maximum Gasteiger partial charge on any atom is 0.225 e. The zero-order valence-corrected chi connectivity index (χ0v) is 15.6. The lowest BCUT2D eigenvalue weighted by molar-refractivity contribution is -0.125. The Hall–Kier alpha value is -1.82. The van der Waals surface area contributed by atoms with Gasteiger partial charge in [0.1, 0.15) is 5.75 Å². The Labute approximate surface area is 147 Å². The standard InChI is InChI=1S/C18H25N3O2S/c1-5-23-13-6-7-14-15(10-13)24-17(19-14)21-9-8-12(11-21)16(22)20-18(2,3)4/h6-7,10,12H,5,8-9,11H2,1-4H3,(H,20,22). The Bertz CT molecular complexity index is 735. The lowest BCUT2D eigenvalue weighted by Gasteiger charge is -2.23. The van der Waals surface area contributed by atoms with Gasteiger partial charge >= 0.3 is 0 Å². The van der Waals surface area contributed by atoms with E-state index in [9.17, 15) is 4.79 Å². The number of carbonyl (C=O) groups is 1. The molecule has 2 heterocycles. The minimum absolute atomic E-state index is 0.0372. The summed E-state index contributed by atoms with van der Waals surface area (Å²) in [4.78, 5) is 19.3. The van der Waals surface area contributed by atoms with Crippen molar-refractivity contribution in [2.75, 3.05) is 24.6 Å². The summed E-state index contributed by atoms with van der Waals surface area (Å²) in [7, 11) is 0. The maximum atomic E-state index is 12.4. The molecule has 6 heteroatoms. The summed E-state index contributed by atoms with van der Waals surface area (Å²) < 4.78 is 6.68. The minimum atomic E-state index is -0.184. The van der Waals surface area contributed by atoms with Crippen LogP contribution in [0.4, 0.5) is 5.13 Å². The van der Waals surface area contributed by atoms with Crippen LogP contribution in [-0.2, 0) is 4.79 Å². The number of amides is 1. The molecule has 1 aromatic heterocycles. The van der Waals surface area contributed by atoms with Gasteiger partial charge in [-0.1, -0.05) is 11.3 Å². The van der Waals surface area contributed by atoms with Crippen LogP contribution in [0.2, 0.25) is 0 Å². The van der Waals surface area contributed by atoms with E-state index >= 15 is 0 Å². The molecule has 1 amide bonds. The van der Waals surface area contributed by atoms with Crippen molar-refractivity contribution in [3.8, 4) is 5.75 Å². The van der Waals surface area contributed by atoms with Crippen molar-refractivity contribution in [2.45, 2.75) is 39.7 Å². The fourth-order valence-corrected chi connectivity index (χ4v) is 3.93. The first-order valence-electron chi connectivity index (χ1n) is 8.46. The molecule has 1 aliphatic rings. The van der Waals surface area contributed by atoms with Crippen molar-refractivity contribution in [3.05, 3.63) is 18.2 Å². The summed E-state index contributed by atoms with van der Waals surface area (Å²) in [5, 5.41) is 4.07. The maximum absolute atomic E-state index is 12.4. The van der Waals surface area contributed by atoms with Crippen LogP contribution in [-0.4, -0.2) is 36.1 Å².